The standard InChI is InChI=1S/C25H29NO/c1-20-10-6-7-13-23(20)16-18-26-21(2)24-14-8-9-15-25(24)27-19-17-22-11-4-3-5-12-22/h3-15,21,26H,16-19H2,1-2H3. The summed E-state index contributed by atoms with van der Waals surface area (Å²) < 4.78 is 6.11. The predicted molar refractivity (Wildman–Crippen MR) is 113 cm³/mol. The molecular formula is C25H29NO. The minimum absolute atomic E-state index is 0.252. The first-order valence-corrected chi connectivity index (χ1v) is 9.77. The molecule has 0 fully saturated rings. The fourth-order valence-corrected chi connectivity index (χ4v) is 3.32. The molecule has 3 aromatic carbocycles. The molecule has 1 atom stereocenters. The van der Waals surface area contributed by atoms with E-state index in [4.69, 9.17) is 4.74 Å². The molecule has 2 nitrogen and oxygen atoms in total. The van der Waals surface area contributed by atoms with E-state index >= 15 is 0 Å². The largest absolute Gasteiger partial charge is 0.493 e. The fraction of sp³-hybridized carbons (Fsp3) is 0.280. The molecule has 0 aliphatic heterocycles. The normalized spacial score (nSPS) is 11.9. The SMILES string of the molecule is Cc1ccccc1CCNC(C)c1ccccc1OCCc1ccccc1. The first-order chi connectivity index (χ1) is 13.2. The molecule has 1 unspecified atom stereocenters. The van der Waals surface area contributed by atoms with Crippen molar-refractivity contribution in [3.8, 4) is 5.75 Å². The Labute approximate surface area is 163 Å². The molecule has 140 valence electrons. The summed E-state index contributed by atoms with van der Waals surface area (Å²) in [6, 6.07) is 27.7. The van der Waals surface area contributed by atoms with Gasteiger partial charge in [-0.2, -0.15) is 0 Å². The van der Waals surface area contributed by atoms with Gasteiger partial charge in [0.05, 0.1) is 6.61 Å². The number of hydrogen-bond acceptors (Lipinski definition) is 2. The van der Waals surface area contributed by atoms with E-state index < -0.39 is 0 Å². The monoisotopic (exact) mass is 359 g/mol. The highest BCUT2D eigenvalue weighted by Gasteiger charge is 2.11. The lowest BCUT2D eigenvalue weighted by Gasteiger charge is -2.19. The highest BCUT2D eigenvalue weighted by Crippen LogP contribution is 2.25. The molecule has 0 spiro atoms. The molecule has 0 saturated carbocycles. The zero-order valence-corrected chi connectivity index (χ0v) is 16.3. The Balaban J connectivity index is 1.53. The van der Waals surface area contributed by atoms with Crippen molar-refractivity contribution in [1.82, 2.24) is 5.32 Å². The number of ether oxygens (including phenoxy) is 1. The Morgan fingerprint density at radius 2 is 1.52 bits per heavy atom. The molecule has 0 amide bonds. The molecular weight excluding hydrogens is 330 g/mol. The maximum Gasteiger partial charge on any atom is 0.124 e. The van der Waals surface area contributed by atoms with Gasteiger partial charge in [-0.25, -0.2) is 0 Å². The molecule has 0 saturated heterocycles. The molecule has 0 aliphatic rings. The Bertz CT molecular complexity index is 828. The van der Waals surface area contributed by atoms with Gasteiger partial charge in [0.15, 0.2) is 0 Å². The zero-order valence-electron chi connectivity index (χ0n) is 16.3. The summed E-state index contributed by atoms with van der Waals surface area (Å²) in [5.74, 6) is 0.976. The number of rotatable bonds is 9. The lowest BCUT2D eigenvalue weighted by atomic mass is 10.0. The first-order valence-electron chi connectivity index (χ1n) is 9.77. The summed E-state index contributed by atoms with van der Waals surface area (Å²) in [7, 11) is 0. The smallest absolute Gasteiger partial charge is 0.124 e. The van der Waals surface area contributed by atoms with Crippen molar-refractivity contribution < 1.29 is 4.74 Å². The Morgan fingerprint density at radius 3 is 2.33 bits per heavy atom. The minimum atomic E-state index is 0.252. The number of para-hydroxylation sites is 1. The number of benzene rings is 3. The minimum Gasteiger partial charge on any atom is -0.493 e. The third-order valence-corrected chi connectivity index (χ3v) is 4.98. The van der Waals surface area contributed by atoms with Crippen LogP contribution in [0.5, 0.6) is 5.75 Å². The van der Waals surface area contributed by atoms with Gasteiger partial charge in [-0.15, -0.1) is 0 Å². The first kappa shape index (κ1) is 19.2. The van der Waals surface area contributed by atoms with E-state index in [1.807, 2.05) is 12.1 Å². The van der Waals surface area contributed by atoms with Crippen molar-refractivity contribution >= 4 is 0 Å². The summed E-state index contributed by atoms with van der Waals surface area (Å²) in [6.07, 6.45) is 1.96. The molecule has 3 aromatic rings. The number of nitrogens with one attached hydrogen (secondary N) is 1. The van der Waals surface area contributed by atoms with Crippen molar-refractivity contribution in [2.75, 3.05) is 13.2 Å². The second-order valence-electron chi connectivity index (χ2n) is 6.97. The second-order valence-corrected chi connectivity index (χ2v) is 6.97. The van der Waals surface area contributed by atoms with Crippen LogP contribution in [0.25, 0.3) is 0 Å². The second kappa shape index (κ2) is 9.94. The van der Waals surface area contributed by atoms with Crippen LogP contribution in [0.4, 0.5) is 0 Å². The van der Waals surface area contributed by atoms with Gasteiger partial charge in [-0.1, -0.05) is 72.8 Å². The van der Waals surface area contributed by atoms with E-state index in [-0.39, 0.29) is 6.04 Å². The van der Waals surface area contributed by atoms with Crippen LogP contribution in [-0.2, 0) is 12.8 Å². The van der Waals surface area contributed by atoms with Crippen LogP contribution >= 0.6 is 0 Å². The molecule has 0 aromatic heterocycles. The topological polar surface area (TPSA) is 21.3 Å². The molecule has 0 aliphatic carbocycles. The van der Waals surface area contributed by atoms with Crippen LogP contribution in [0.2, 0.25) is 0 Å². The molecule has 27 heavy (non-hydrogen) atoms. The fourth-order valence-electron chi connectivity index (χ4n) is 3.32. The number of hydrogen-bond donors (Lipinski definition) is 1. The van der Waals surface area contributed by atoms with Gasteiger partial charge in [0.25, 0.3) is 0 Å². The van der Waals surface area contributed by atoms with Crippen LogP contribution in [0.15, 0.2) is 78.9 Å². The van der Waals surface area contributed by atoms with Crippen molar-refractivity contribution in [3.05, 3.63) is 101 Å². The van der Waals surface area contributed by atoms with Crippen LogP contribution in [0, 0.1) is 6.92 Å². The van der Waals surface area contributed by atoms with Crippen molar-refractivity contribution in [2.45, 2.75) is 32.7 Å². The average molecular weight is 360 g/mol. The van der Waals surface area contributed by atoms with Gasteiger partial charge in [-0.05, 0) is 49.6 Å². The lowest BCUT2D eigenvalue weighted by Crippen LogP contribution is -2.22. The summed E-state index contributed by atoms with van der Waals surface area (Å²) in [5, 5.41) is 3.64. The van der Waals surface area contributed by atoms with E-state index in [0.29, 0.717) is 6.61 Å². The molecule has 0 heterocycles. The van der Waals surface area contributed by atoms with Crippen LogP contribution in [0.1, 0.15) is 35.2 Å². The third-order valence-electron chi connectivity index (χ3n) is 4.98. The Hall–Kier alpha value is -2.58. The highest BCUT2D eigenvalue weighted by atomic mass is 16.5. The summed E-state index contributed by atoms with van der Waals surface area (Å²) in [5.41, 5.74) is 5.29. The van der Waals surface area contributed by atoms with Gasteiger partial charge in [0.1, 0.15) is 5.75 Å². The zero-order chi connectivity index (χ0) is 18.9. The van der Waals surface area contributed by atoms with Gasteiger partial charge in [0.2, 0.25) is 0 Å². The Morgan fingerprint density at radius 1 is 0.815 bits per heavy atom. The summed E-state index contributed by atoms with van der Waals surface area (Å²) in [6.45, 7) is 6.02. The van der Waals surface area contributed by atoms with E-state index in [2.05, 4.69) is 85.9 Å². The quantitative estimate of drug-likeness (QED) is 0.544. The summed E-state index contributed by atoms with van der Waals surface area (Å²) >= 11 is 0. The van der Waals surface area contributed by atoms with Crippen molar-refractivity contribution in [1.29, 1.82) is 0 Å². The van der Waals surface area contributed by atoms with E-state index in [1.165, 1.54) is 22.3 Å². The molecule has 2 heteroatoms. The van der Waals surface area contributed by atoms with Crippen molar-refractivity contribution in [2.24, 2.45) is 0 Å². The molecule has 1 N–H and O–H groups in total. The third kappa shape index (κ3) is 5.70. The van der Waals surface area contributed by atoms with E-state index in [1.54, 1.807) is 0 Å². The molecule has 0 bridgehead atoms. The summed E-state index contributed by atoms with van der Waals surface area (Å²) in [4.78, 5) is 0. The van der Waals surface area contributed by atoms with Gasteiger partial charge in [-0.3, -0.25) is 0 Å². The van der Waals surface area contributed by atoms with Crippen molar-refractivity contribution in [3.63, 3.8) is 0 Å². The maximum absolute atomic E-state index is 6.11. The van der Waals surface area contributed by atoms with Gasteiger partial charge < -0.3 is 10.1 Å². The number of aryl methyl sites for hydroxylation is 1. The lowest BCUT2D eigenvalue weighted by molar-refractivity contribution is 0.315. The van der Waals surface area contributed by atoms with E-state index in [9.17, 15) is 0 Å². The average Bonchev–Trinajstić information content (AvgIpc) is 2.70. The maximum atomic E-state index is 6.11. The van der Waals surface area contributed by atoms with Gasteiger partial charge >= 0.3 is 0 Å². The predicted octanol–water partition coefficient (Wildman–Crippen LogP) is 5.51. The highest BCUT2D eigenvalue weighted by molar-refractivity contribution is 5.36. The van der Waals surface area contributed by atoms with E-state index in [0.717, 1.165) is 25.1 Å². The Kier molecular flexibility index (Phi) is 7.06. The molecule has 0 radical (unpaired) electrons. The van der Waals surface area contributed by atoms with Crippen LogP contribution in [-0.4, -0.2) is 13.2 Å². The van der Waals surface area contributed by atoms with Crippen LogP contribution < -0.4 is 10.1 Å². The van der Waals surface area contributed by atoms with Gasteiger partial charge in [0, 0.05) is 18.0 Å². The van der Waals surface area contributed by atoms with Crippen LogP contribution in [0.3, 0.4) is 0 Å². The molecule has 3 rings (SSSR count).